The Balaban J connectivity index is 4.08. The van der Waals surface area contributed by atoms with Gasteiger partial charge in [-0.3, -0.25) is 4.79 Å². The molecule has 0 fully saturated rings. The molecular formula is C10H22N2O. The number of likely N-dealkylation sites (N-methyl/N-ethyl adjacent to an activating group) is 1. The fraction of sp³-hybridized carbons (Fsp3) is 0.900. The van der Waals surface area contributed by atoms with E-state index < -0.39 is 0 Å². The first-order valence-electron chi connectivity index (χ1n) is 5.06. The Labute approximate surface area is 81.3 Å². The zero-order valence-electron chi connectivity index (χ0n) is 9.21. The van der Waals surface area contributed by atoms with E-state index in [0.717, 1.165) is 12.8 Å². The van der Waals surface area contributed by atoms with Crippen LogP contribution in [0.1, 0.15) is 40.0 Å². The topological polar surface area (TPSA) is 46.3 Å². The molecule has 0 saturated heterocycles. The molecule has 2 atom stereocenters. The van der Waals surface area contributed by atoms with Crippen molar-refractivity contribution in [2.75, 3.05) is 7.05 Å². The summed E-state index contributed by atoms with van der Waals surface area (Å²) in [5.41, 5.74) is 5.66. The molecule has 0 aliphatic carbocycles. The number of hydrogen-bond acceptors (Lipinski definition) is 2. The van der Waals surface area contributed by atoms with Gasteiger partial charge in [-0.25, -0.2) is 0 Å². The summed E-state index contributed by atoms with van der Waals surface area (Å²) in [6.07, 6.45) is 2.85. The lowest BCUT2D eigenvalue weighted by atomic mass is 10.1. The van der Waals surface area contributed by atoms with E-state index in [1.807, 2.05) is 14.0 Å². The van der Waals surface area contributed by atoms with Crippen molar-refractivity contribution in [2.24, 2.45) is 5.73 Å². The zero-order chi connectivity index (χ0) is 10.4. The highest BCUT2D eigenvalue weighted by molar-refractivity contribution is 5.81. The van der Waals surface area contributed by atoms with E-state index in [1.54, 1.807) is 4.90 Å². The van der Waals surface area contributed by atoms with Gasteiger partial charge in [0.15, 0.2) is 0 Å². The maximum Gasteiger partial charge on any atom is 0.239 e. The van der Waals surface area contributed by atoms with Crippen molar-refractivity contribution in [3.05, 3.63) is 0 Å². The molecule has 2 N–H and O–H groups in total. The maximum atomic E-state index is 11.6. The Morgan fingerprint density at radius 2 is 2.00 bits per heavy atom. The van der Waals surface area contributed by atoms with Gasteiger partial charge in [0.25, 0.3) is 0 Å². The van der Waals surface area contributed by atoms with Crippen LogP contribution in [0.2, 0.25) is 0 Å². The molecule has 0 radical (unpaired) electrons. The highest BCUT2D eigenvalue weighted by atomic mass is 16.2. The summed E-state index contributed by atoms with van der Waals surface area (Å²) in [6, 6.07) is -0.0283. The SMILES string of the molecule is CCCC(C)N(C)C(=O)C(N)CC. The van der Waals surface area contributed by atoms with Crippen LogP contribution in [0.5, 0.6) is 0 Å². The molecule has 13 heavy (non-hydrogen) atoms. The van der Waals surface area contributed by atoms with Crippen LogP contribution in [0.15, 0.2) is 0 Å². The van der Waals surface area contributed by atoms with Crippen molar-refractivity contribution in [1.82, 2.24) is 4.90 Å². The Morgan fingerprint density at radius 1 is 1.46 bits per heavy atom. The van der Waals surface area contributed by atoms with E-state index in [2.05, 4.69) is 13.8 Å². The first kappa shape index (κ1) is 12.4. The second-order valence-electron chi connectivity index (χ2n) is 3.60. The summed E-state index contributed by atoms with van der Waals surface area (Å²) in [5, 5.41) is 0. The maximum absolute atomic E-state index is 11.6. The van der Waals surface area contributed by atoms with Gasteiger partial charge in [0.2, 0.25) is 5.91 Å². The average Bonchev–Trinajstić information content (AvgIpc) is 2.14. The number of carbonyl (C=O) groups is 1. The lowest BCUT2D eigenvalue weighted by Gasteiger charge is -2.26. The number of nitrogens with two attached hydrogens (primary N) is 1. The number of amides is 1. The van der Waals surface area contributed by atoms with Gasteiger partial charge < -0.3 is 10.6 Å². The first-order valence-corrected chi connectivity index (χ1v) is 5.06. The highest BCUT2D eigenvalue weighted by Gasteiger charge is 2.19. The smallest absolute Gasteiger partial charge is 0.239 e. The molecule has 1 amide bonds. The second kappa shape index (κ2) is 5.97. The Kier molecular flexibility index (Phi) is 5.71. The molecule has 0 bridgehead atoms. The van der Waals surface area contributed by atoms with Crippen molar-refractivity contribution in [3.8, 4) is 0 Å². The third-order valence-electron chi connectivity index (χ3n) is 2.47. The zero-order valence-corrected chi connectivity index (χ0v) is 9.21. The molecule has 2 unspecified atom stereocenters. The van der Waals surface area contributed by atoms with E-state index >= 15 is 0 Å². The summed E-state index contributed by atoms with van der Waals surface area (Å²) in [5.74, 6) is 0.0588. The number of rotatable bonds is 5. The van der Waals surface area contributed by atoms with Crippen molar-refractivity contribution < 1.29 is 4.79 Å². The van der Waals surface area contributed by atoms with Crippen molar-refractivity contribution in [2.45, 2.75) is 52.1 Å². The van der Waals surface area contributed by atoms with Crippen LogP contribution < -0.4 is 5.73 Å². The van der Waals surface area contributed by atoms with Crippen LogP contribution in [0, 0.1) is 0 Å². The van der Waals surface area contributed by atoms with Crippen LogP contribution >= 0.6 is 0 Å². The molecule has 0 saturated carbocycles. The minimum atomic E-state index is -0.329. The van der Waals surface area contributed by atoms with Gasteiger partial charge in [0, 0.05) is 13.1 Å². The van der Waals surface area contributed by atoms with Gasteiger partial charge in [-0.05, 0) is 19.8 Å². The third-order valence-corrected chi connectivity index (χ3v) is 2.47. The molecule has 0 aliphatic rings. The van der Waals surface area contributed by atoms with Gasteiger partial charge in [0.05, 0.1) is 6.04 Å². The Bertz CT molecular complexity index is 159. The van der Waals surface area contributed by atoms with E-state index in [0.29, 0.717) is 12.5 Å². The van der Waals surface area contributed by atoms with Gasteiger partial charge in [0.1, 0.15) is 0 Å². The largest absolute Gasteiger partial charge is 0.342 e. The van der Waals surface area contributed by atoms with Crippen molar-refractivity contribution in [3.63, 3.8) is 0 Å². The first-order chi connectivity index (χ1) is 6.04. The Morgan fingerprint density at radius 3 is 2.38 bits per heavy atom. The van der Waals surface area contributed by atoms with Gasteiger partial charge >= 0.3 is 0 Å². The fourth-order valence-electron chi connectivity index (χ4n) is 1.26. The van der Waals surface area contributed by atoms with Crippen LogP contribution in [-0.4, -0.2) is 29.9 Å². The van der Waals surface area contributed by atoms with E-state index in [4.69, 9.17) is 5.73 Å². The minimum absolute atomic E-state index is 0.0588. The third kappa shape index (κ3) is 3.77. The molecule has 0 heterocycles. The minimum Gasteiger partial charge on any atom is -0.342 e. The predicted octanol–water partition coefficient (Wildman–Crippen LogP) is 1.37. The van der Waals surface area contributed by atoms with Crippen molar-refractivity contribution in [1.29, 1.82) is 0 Å². The normalized spacial score (nSPS) is 15.2. The molecule has 0 rings (SSSR count). The lowest BCUT2D eigenvalue weighted by molar-refractivity contribution is -0.133. The van der Waals surface area contributed by atoms with Crippen LogP contribution in [-0.2, 0) is 4.79 Å². The molecule has 0 aromatic heterocycles. The van der Waals surface area contributed by atoms with E-state index in [9.17, 15) is 4.79 Å². The lowest BCUT2D eigenvalue weighted by Crippen LogP contribution is -2.45. The molecule has 0 spiro atoms. The van der Waals surface area contributed by atoms with Gasteiger partial charge in [-0.15, -0.1) is 0 Å². The highest BCUT2D eigenvalue weighted by Crippen LogP contribution is 2.06. The van der Waals surface area contributed by atoms with Crippen LogP contribution in [0.4, 0.5) is 0 Å². The molecule has 78 valence electrons. The molecule has 0 aliphatic heterocycles. The molecular weight excluding hydrogens is 164 g/mol. The summed E-state index contributed by atoms with van der Waals surface area (Å²) >= 11 is 0. The number of hydrogen-bond donors (Lipinski definition) is 1. The van der Waals surface area contributed by atoms with E-state index in [1.165, 1.54) is 0 Å². The summed E-state index contributed by atoms with van der Waals surface area (Å²) in [6.45, 7) is 6.11. The second-order valence-corrected chi connectivity index (χ2v) is 3.60. The monoisotopic (exact) mass is 186 g/mol. The molecule has 0 aromatic carbocycles. The van der Waals surface area contributed by atoms with Gasteiger partial charge in [-0.2, -0.15) is 0 Å². The van der Waals surface area contributed by atoms with Crippen LogP contribution in [0.25, 0.3) is 0 Å². The van der Waals surface area contributed by atoms with Crippen LogP contribution in [0.3, 0.4) is 0 Å². The molecule has 3 nitrogen and oxygen atoms in total. The Hall–Kier alpha value is -0.570. The summed E-state index contributed by atoms with van der Waals surface area (Å²) < 4.78 is 0. The van der Waals surface area contributed by atoms with E-state index in [-0.39, 0.29) is 11.9 Å². The summed E-state index contributed by atoms with van der Waals surface area (Å²) in [7, 11) is 1.83. The predicted molar refractivity (Wildman–Crippen MR) is 55.4 cm³/mol. The number of nitrogens with zero attached hydrogens (tertiary/aromatic N) is 1. The van der Waals surface area contributed by atoms with Gasteiger partial charge in [-0.1, -0.05) is 20.3 Å². The molecule has 3 heteroatoms. The standard InChI is InChI=1S/C10H22N2O/c1-5-7-8(3)12(4)10(13)9(11)6-2/h8-9H,5-7,11H2,1-4H3. The number of carbonyl (C=O) groups excluding carboxylic acids is 1. The summed E-state index contributed by atoms with van der Waals surface area (Å²) in [4.78, 5) is 13.4. The van der Waals surface area contributed by atoms with Crippen molar-refractivity contribution >= 4 is 5.91 Å². The fourth-order valence-corrected chi connectivity index (χ4v) is 1.26. The quantitative estimate of drug-likeness (QED) is 0.705. The molecule has 0 aromatic rings. The average molecular weight is 186 g/mol.